The van der Waals surface area contributed by atoms with Crippen LogP contribution >= 0.6 is 0 Å². The summed E-state index contributed by atoms with van der Waals surface area (Å²) in [5.41, 5.74) is 0.854. The summed E-state index contributed by atoms with van der Waals surface area (Å²) in [6.07, 6.45) is 4.96. The Morgan fingerprint density at radius 2 is 2.04 bits per heavy atom. The van der Waals surface area contributed by atoms with Crippen LogP contribution in [0.1, 0.15) is 65.5 Å². The van der Waals surface area contributed by atoms with Crippen LogP contribution in [0.3, 0.4) is 0 Å². The Morgan fingerprint density at radius 3 is 2.52 bits per heavy atom. The standard InChI is InChI=1S/C19H32N4O2/c1-6-7-11-23(18(25)14-9-8-10-14)13-17(24)20-16-12-15(19(2,3)4)21-22(16)5/h12,14H,6-11,13H2,1-5H3,(H,20,24). The van der Waals surface area contributed by atoms with E-state index in [1.165, 1.54) is 0 Å². The molecular formula is C19H32N4O2. The van der Waals surface area contributed by atoms with Gasteiger partial charge in [0.1, 0.15) is 5.82 Å². The van der Waals surface area contributed by atoms with E-state index in [-0.39, 0.29) is 29.7 Å². The molecule has 1 fully saturated rings. The first kappa shape index (κ1) is 19.5. The number of unbranched alkanes of at least 4 members (excludes halogenated alkanes) is 1. The molecule has 1 saturated carbocycles. The molecule has 0 aromatic carbocycles. The summed E-state index contributed by atoms with van der Waals surface area (Å²) < 4.78 is 1.68. The van der Waals surface area contributed by atoms with Crippen LogP contribution in [-0.4, -0.2) is 39.6 Å². The molecule has 1 heterocycles. The first-order valence-corrected chi connectivity index (χ1v) is 9.35. The van der Waals surface area contributed by atoms with Crippen molar-refractivity contribution in [2.24, 2.45) is 13.0 Å². The zero-order valence-corrected chi connectivity index (χ0v) is 16.3. The van der Waals surface area contributed by atoms with E-state index in [0.29, 0.717) is 12.4 Å². The lowest BCUT2D eigenvalue weighted by Gasteiger charge is -2.31. The van der Waals surface area contributed by atoms with Crippen LogP contribution in [0.15, 0.2) is 6.07 Å². The highest BCUT2D eigenvalue weighted by atomic mass is 16.2. The molecule has 2 amide bonds. The van der Waals surface area contributed by atoms with Crippen molar-refractivity contribution in [3.63, 3.8) is 0 Å². The topological polar surface area (TPSA) is 67.2 Å². The molecule has 0 aliphatic heterocycles. The van der Waals surface area contributed by atoms with Crippen molar-refractivity contribution in [1.29, 1.82) is 0 Å². The van der Waals surface area contributed by atoms with Crippen LogP contribution in [0.5, 0.6) is 0 Å². The van der Waals surface area contributed by atoms with Crippen molar-refractivity contribution in [2.75, 3.05) is 18.4 Å². The summed E-state index contributed by atoms with van der Waals surface area (Å²) in [5, 5.41) is 7.38. The van der Waals surface area contributed by atoms with Gasteiger partial charge in [-0.25, -0.2) is 0 Å². The van der Waals surface area contributed by atoms with Crippen molar-refractivity contribution in [3.8, 4) is 0 Å². The maximum absolute atomic E-state index is 12.6. The van der Waals surface area contributed by atoms with Crippen molar-refractivity contribution in [1.82, 2.24) is 14.7 Å². The lowest BCUT2D eigenvalue weighted by molar-refractivity contribution is -0.140. The van der Waals surface area contributed by atoms with Gasteiger partial charge in [-0.05, 0) is 19.3 Å². The molecule has 6 nitrogen and oxygen atoms in total. The second-order valence-corrected chi connectivity index (χ2v) is 8.08. The zero-order valence-electron chi connectivity index (χ0n) is 16.3. The van der Waals surface area contributed by atoms with Crippen molar-refractivity contribution >= 4 is 17.6 Å². The summed E-state index contributed by atoms with van der Waals surface area (Å²) in [7, 11) is 1.82. The number of hydrogen-bond acceptors (Lipinski definition) is 3. The minimum Gasteiger partial charge on any atom is -0.333 e. The maximum Gasteiger partial charge on any atom is 0.245 e. The fourth-order valence-corrected chi connectivity index (χ4v) is 2.84. The smallest absolute Gasteiger partial charge is 0.245 e. The van der Waals surface area contributed by atoms with Crippen molar-refractivity contribution in [3.05, 3.63) is 11.8 Å². The number of carbonyl (C=O) groups excluding carboxylic acids is 2. The van der Waals surface area contributed by atoms with E-state index < -0.39 is 0 Å². The largest absolute Gasteiger partial charge is 0.333 e. The van der Waals surface area contributed by atoms with Gasteiger partial charge >= 0.3 is 0 Å². The van der Waals surface area contributed by atoms with Crippen LogP contribution in [-0.2, 0) is 22.1 Å². The van der Waals surface area contributed by atoms with Gasteiger partial charge in [0.2, 0.25) is 11.8 Å². The molecular weight excluding hydrogens is 316 g/mol. The number of carbonyl (C=O) groups is 2. The molecule has 0 bridgehead atoms. The molecule has 1 aromatic rings. The summed E-state index contributed by atoms with van der Waals surface area (Å²) in [6.45, 7) is 9.12. The Labute approximate surface area is 151 Å². The highest BCUT2D eigenvalue weighted by molar-refractivity contribution is 5.94. The number of hydrogen-bond donors (Lipinski definition) is 1. The Kier molecular flexibility index (Phi) is 6.25. The summed E-state index contributed by atoms with van der Waals surface area (Å²) >= 11 is 0. The van der Waals surface area contributed by atoms with Crippen LogP contribution in [0.4, 0.5) is 5.82 Å². The van der Waals surface area contributed by atoms with Gasteiger partial charge in [0, 0.05) is 31.0 Å². The van der Waals surface area contributed by atoms with E-state index in [9.17, 15) is 9.59 Å². The lowest BCUT2D eigenvalue weighted by Crippen LogP contribution is -2.43. The van der Waals surface area contributed by atoms with Gasteiger partial charge in [-0.3, -0.25) is 14.3 Å². The third-order valence-electron chi connectivity index (χ3n) is 4.80. The third-order valence-corrected chi connectivity index (χ3v) is 4.80. The van der Waals surface area contributed by atoms with Gasteiger partial charge in [-0.2, -0.15) is 5.10 Å². The SMILES string of the molecule is CCCCN(CC(=O)Nc1cc(C(C)(C)C)nn1C)C(=O)C1CCC1. The average molecular weight is 348 g/mol. The first-order valence-electron chi connectivity index (χ1n) is 9.35. The second kappa shape index (κ2) is 8.02. The van der Waals surface area contributed by atoms with Gasteiger partial charge in [0.05, 0.1) is 12.2 Å². The number of anilines is 1. The van der Waals surface area contributed by atoms with E-state index in [2.05, 4.69) is 38.1 Å². The summed E-state index contributed by atoms with van der Waals surface area (Å²) in [4.78, 5) is 26.8. The van der Waals surface area contributed by atoms with E-state index in [1.807, 2.05) is 13.1 Å². The number of amides is 2. The van der Waals surface area contributed by atoms with E-state index in [1.54, 1.807) is 9.58 Å². The van der Waals surface area contributed by atoms with Crippen molar-refractivity contribution < 1.29 is 9.59 Å². The minimum absolute atomic E-state index is 0.0753. The summed E-state index contributed by atoms with van der Waals surface area (Å²) in [6, 6.07) is 1.90. The van der Waals surface area contributed by atoms with Crippen LogP contribution in [0.25, 0.3) is 0 Å². The average Bonchev–Trinajstić information content (AvgIpc) is 2.82. The molecule has 0 saturated heterocycles. The molecule has 2 rings (SSSR count). The normalized spacial score (nSPS) is 14.9. The maximum atomic E-state index is 12.6. The van der Waals surface area contributed by atoms with Crippen LogP contribution in [0, 0.1) is 5.92 Å². The van der Waals surface area contributed by atoms with Crippen LogP contribution in [0.2, 0.25) is 0 Å². The number of nitrogens with zero attached hydrogens (tertiary/aromatic N) is 3. The van der Waals surface area contributed by atoms with Gasteiger partial charge in [-0.1, -0.05) is 40.5 Å². The molecule has 140 valence electrons. The highest BCUT2D eigenvalue weighted by Gasteiger charge is 2.30. The van der Waals surface area contributed by atoms with Gasteiger partial charge in [0.25, 0.3) is 0 Å². The highest BCUT2D eigenvalue weighted by Crippen LogP contribution is 2.28. The van der Waals surface area contributed by atoms with Gasteiger partial charge < -0.3 is 10.2 Å². The second-order valence-electron chi connectivity index (χ2n) is 8.08. The molecule has 1 aliphatic carbocycles. The number of aromatic nitrogens is 2. The number of nitrogens with one attached hydrogen (secondary N) is 1. The molecule has 6 heteroatoms. The van der Waals surface area contributed by atoms with Crippen LogP contribution < -0.4 is 5.32 Å². The number of aryl methyl sites for hydroxylation is 1. The fraction of sp³-hybridized carbons (Fsp3) is 0.737. The zero-order chi connectivity index (χ0) is 18.6. The Balaban J connectivity index is 2.00. The van der Waals surface area contributed by atoms with E-state index >= 15 is 0 Å². The minimum atomic E-state index is -0.160. The summed E-state index contributed by atoms with van der Waals surface area (Å²) in [5.74, 6) is 0.762. The predicted octanol–water partition coefficient (Wildman–Crippen LogP) is 3.08. The molecule has 25 heavy (non-hydrogen) atoms. The van der Waals surface area contributed by atoms with Crippen molar-refractivity contribution in [2.45, 2.75) is 65.2 Å². The molecule has 0 radical (unpaired) electrons. The quantitative estimate of drug-likeness (QED) is 0.823. The third kappa shape index (κ3) is 5.06. The first-order chi connectivity index (χ1) is 11.7. The lowest BCUT2D eigenvalue weighted by atomic mass is 9.84. The molecule has 0 unspecified atom stereocenters. The molecule has 1 aliphatic rings. The molecule has 0 spiro atoms. The van der Waals surface area contributed by atoms with Gasteiger partial charge in [-0.15, -0.1) is 0 Å². The monoisotopic (exact) mass is 348 g/mol. The van der Waals surface area contributed by atoms with E-state index in [4.69, 9.17) is 0 Å². The number of rotatable bonds is 7. The predicted molar refractivity (Wildman–Crippen MR) is 99.4 cm³/mol. The Bertz CT molecular complexity index is 611. The Morgan fingerprint density at radius 1 is 1.36 bits per heavy atom. The van der Waals surface area contributed by atoms with Gasteiger partial charge in [0.15, 0.2) is 0 Å². The fourth-order valence-electron chi connectivity index (χ4n) is 2.84. The molecule has 1 N–H and O–H groups in total. The molecule has 1 aromatic heterocycles. The Hall–Kier alpha value is -1.85. The molecule has 0 atom stereocenters. The van der Waals surface area contributed by atoms with E-state index in [0.717, 1.165) is 37.8 Å².